The van der Waals surface area contributed by atoms with Gasteiger partial charge in [0, 0.05) is 24.5 Å². The summed E-state index contributed by atoms with van der Waals surface area (Å²) >= 11 is 0. The first-order valence-electron chi connectivity index (χ1n) is 6.99. The second-order valence-corrected chi connectivity index (χ2v) is 6.79. The first kappa shape index (κ1) is 15.4. The van der Waals surface area contributed by atoms with Crippen molar-refractivity contribution in [2.45, 2.75) is 4.90 Å². The minimum absolute atomic E-state index is 0.123. The van der Waals surface area contributed by atoms with Crippen LogP contribution in [0.3, 0.4) is 0 Å². The van der Waals surface area contributed by atoms with Gasteiger partial charge in [-0.05, 0) is 36.4 Å². The molecule has 2 N–H and O–H groups in total. The summed E-state index contributed by atoms with van der Waals surface area (Å²) < 4.78 is 27.2. The fourth-order valence-electron chi connectivity index (χ4n) is 2.29. The van der Waals surface area contributed by atoms with Gasteiger partial charge < -0.3 is 5.32 Å². The van der Waals surface area contributed by atoms with Crippen LogP contribution in [0.2, 0.25) is 0 Å². The van der Waals surface area contributed by atoms with Gasteiger partial charge in [0.2, 0.25) is 0 Å². The number of hydrogen-bond donors (Lipinski definition) is 2. The van der Waals surface area contributed by atoms with Crippen molar-refractivity contribution in [3.63, 3.8) is 0 Å². The van der Waals surface area contributed by atoms with Gasteiger partial charge in [0.15, 0.2) is 0 Å². The van der Waals surface area contributed by atoms with Crippen molar-refractivity contribution < 1.29 is 13.2 Å². The fraction of sp³-hybridized carbons (Fsp3) is 0.133. The first-order valence-corrected chi connectivity index (χ1v) is 8.48. The summed E-state index contributed by atoms with van der Waals surface area (Å²) in [6.07, 6.45) is 0. The maximum Gasteiger partial charge on any atom is 0.321 e. The molecular weight excluding hydrogens is 313 g/mol. The van der Waals surface area contributed by atoms with E-state index in [1.807, 2.05) is 0 Å². The third-order valence-corrected chi connectivity index (χ3v) is 4.88. The van der Waals surface area contributed by atoms with E-state index in [9.17, 15) is 13.2 Å². The van der Waals surface area contributed by atoms with Crippen LogP contribution in [0.5, 0.6) is 0 Å². The molecule has 1 aliphatic rings. The van der Waals surface area contributed by atoms with Crippen molar-refractivity contribution in [3.05, 3.63) is 48.5 Å². The third-order valence-electron chi connectivity index (χ3n) is 3.48. The van der Waals surface area contributed by atoms with E-state index < -0.39 is 10.0 Å². The molecule has 1 saturated heterocycles. The number of carbonyl (C=O) groups is 1. The van der Waals surface area contributed by atoms with E-state index in [0.717, 1.165) is 0 Å². The average molecular weight is 327 g/mol. The zero-order valence-corrected chi connectivity index (χ0v) is 13.0. The first-order chi connectivity index (χ1) is 11.0. The van der Waals surface area contributed by atoms with E-state index in [2.05, 4.69) is 10.0 Å². The largest absolute Gasteiger partial charge is 0.336 e. The van der Waals surface area contributed by atoms with Gasteiger partial charge in [-0.1, -0.05) is 17.6 Å². The molecule has 2 amide bonds. The second-order valence-electron chi connectivity index (χ2n) is 5.10. The Morgan fingerprint density at radius 2 is 1.70 bits per heavy atom. The van der Waals surface area contributed by atoms with E-state index >= 15 is 0 Å². The predicted molar refractivity (Wildman–Crippen MR) is 89.8 cm³/mol. The molecule has 2 radical (unpaired) electrons. The van der Waals surface area contributed by atoms with Crippen LogP contribution < -0.4 is 20.4 Å². The molecule has 0 aliphatic carbocycles. The highest BCUT2D eigenvalue weighted by molar-refractivity contribution is 7.92. The summed E-state index contributed by atoms with van der Waals surface area (Å²) in [7, 11) is 1.88. The van der Waals surface area contributed by atoms with Crippen molar-refractivity contribution in [2.24, 2.45) is 0 Å². The quantitative estimate of drug-likeness (QED) is 0.816. The Balaban J connectivity index is 1.80. The molecule has 0 aromatic heterocycles. The van der Waals surface area contributed by atoms with Crippen LogP contribution in [-0.4, -0.2) is 35.4 Å². The van der Waals surface area contributed by atoms with Crippen molar-refractivity contribution in [2.75, 3.05) is 22.7 Å². The molecule has 0 bridgehead atoms. The number of hydrogen-bond acceptors (Lipinski definition) is 3. The Morgan fingerprint density at radius 3 is 2.26 bits per heavy atom. The molecule has 1 fully saturated rings. The van der Waals surface area contributed by atoms with E-state index in [1.165, 1.54) is 12.1 Å². The molecule has 2 aromatic rings. The lowest BCUT2D eigenvalue weighted by atomic mass is 9.96. The Morgan fingerprint density at radius 1 is 1.04 bits per heavy atom. The monoisotopic (exact) mass is 327 g/mol. The molecule has 2 aromatic carbocycles. The van der Waals surface area contributed by atoms with Gasteiger partial charge in [-0.25, -0.2) is 13.2 Å². The summed E-state index contributed by atoms with van der Waals surface area (Å²) in [6.45, 7) is 1.15. The Bertz CT molecular complexity index is 820. The molecule has 0 spiro atoms. The van der Waals surface area contributed by atoms with E-state index in [4.69, 9.17) is 7.85 Å². The average Bonchev–Trinajstić information content (AvgIpc) is 2.96. The van der Waals surface area contributed by atoms with Crippen LogP contribution in [0.1, 0.15) is 0 Å². The maximum atomic E-state index is 12.3. The van der Waals surface area contributed by atoms with Gasteiger partial charge in [0.25, 0.3) is 10.0 Å². The van der Waals surface area contributed by atoms with Crippen LogP contribution >= 0.6 is 0 Å². The number of sulfonamides is 1. The molecule has 23 heavy (non-hydrogen) atoms. The van der Waals surface area contributed by atoms with Crippen LogP contribution in [0.4, 0.5) is 16.2 Å². The number of nitrogens with one attached hydrogen (secondary N) is 2. The Labute approximate surface area is 136 Å². The van der Waals surface area contributed by atoms with Gasteiger partial charge in [-0.2, -0.15) is 0 Å². The number of anilines is 2. The number of carbonyl (C=O) groups excluding carboxylic acids is 1. The predicted octanol–water partition coefficient (Wildman–Crippen LogP) is 0.811. The molecular formula is C15H14BN3O3S. The maximum absolute atomic E-state index is 12.3. The Hall–Kier alpha value is -2.48. The number of rotatable bonds is 4. The van der Waals surface area contributed by atoms with E-state index in [0.29, 0.717) is 29.9 Å². The van der Waals surface area contributed by atoms with Gasteiger partial charge in [-0.3, -0.25) is 9.62 Å². The van der Waals surface area contributed by atoms with Gasteiger partial charge in [0.05, 0.1) is 4.90 Å². The van der Waals surface area contributed by atoms with Crippen LogP contribution in [0.25, 0.3) is 0 Å². The molecule has 3 rings (SSSR count). The highest BCUT2D eigenvalue weighted by Crippen LogP contribution is 2.21. The summed E-state index contributed by atoms with van der Waals surface area (Å²) in [6, 6.07) is 12.4. The zero-order chi connectivity index (χ0) is 16.4. The topological polar surface area (TPSA) is 78.5 Å². The molecule has 0 saturated carbocycles. The number of benzene rings is 2. The summed E-state index contributed by atoms with van der Waals surface area (Å²) in [5, 5.41) is 2.70. The van der Waals surface area contributed by atoms with Gasteiger partial charge in [-0.15, -0.1) is 0 Å². The van der Waals surface area contributed by atoms with Crippen molar-refractivity contribution in [3.8, 4) is 0 Å². The minimum Gasteiger partial charge on any atom is -0.336 e. The van der Waals surface area contributed by atoms with E-state index in [-0.39, 0.29) is 10.9 Å². The molecule has 0 atom stereocenters. The van der Waals surface area contributed by atoms with Gasteiger partial charge in [0.1, 0.15) is 7.85 Å². The summed E-state index contributed by atoms with van der Waals surface area (Å²) in [5.74, 6) is 0. The smallest absolute Gasteiger partial charge is 0.321 e. The van der Waals surface area contributed by atoms with Crippen molar-refractivity contribution >= 4 is 40.7 Å². The molecule has 116 valence electrons. The lowest BCUT2D eigenvalue weighted by molar-refractivity contribution is 0.252. The molecule has 6 nitrogen and oxygen atoms in total. The third kappa shape index (κ3) is 3.32. The van der Waals surface area contributed by atoms with Crippen LogP contribution in [0.15, 0.2) is 53.4 Å². The Kier molecular flexibility index (Phi) is 4.00. The number of nitrogens with zero attached hydrogens (tertiary/aromatic N) is 1. The highest BCUT2D eigenvalue weighted by atomic mass is 32.2. The second kappa shape index (κ2) is 5.96. The lowest BCUT2D eigenvalue weighted by Gasteiger charge is -2.15. The standard InChI is InChI=1S/C15H14BN3O3S/c16-11-1-3-12(4-2-11)18-23(21,22)14-7-5-13(6-8-14)19-10-9-17-15(19)20/h1-8,18H,9-10H2,(H,17,20). The molecule has 1 heterocycles. The minimum atomic E-state index is -3.69. The van der Waals surface area contributed by atoms with Crippen LogP contribution in [0, 0.1) is 0 Å². The lowest BCUT2D eigenvalue weighted by Crippen LogP contribution is -2.27. The number of amides is 2. The van der Waals surface area contributed by atoms with Gasteiger partial charge >= 0.3 is 6.03 Å². The number of urea groups is 1. The molecule has 0 unspecified atom stereocenters. The van der Waals surface area contributed by atoms with Crippen LogP contribution in [-0.2, 0) is 10.0 Å². The highest BCUT2D eigenvalue weighted by Gasteiger charge is 2.22. The van der Waals surface area contributed by atoms with Crippen molar-refractivity contribution in [1.82, 2.24) is 5.32 Å². The summed E-state index contributed by atoms with van der Waals surface area (Å²) in [4.78, 5) is 13.3. The van der Waals surface area contributed by atoms with E-state index in [1.54, 1.807) is 41.3 Å². The molecule has 1 aliphatic heterocycles. The van der Waals surface area contributed by atoms with Crippen molar-refractivity contribution in [1.29, 1.82) is 0 Å². The zero-order valence-electron chi connectivity index (χ0n) is 12.2. The fourth-order valence-corrected chi connectivity index (χ4v) is 3.35. The molecule has 8 heteroatoms. The summed E-state index contributed by atoms with van der Waals surface area (Å²) in [5.41, 5.74) is 1.65. The SMILES string of the molecule is [B]c1ccc(NS(=O)(=O)c2ccc(N3CCNC3=O)cc2)cc1. The normalized spacial score (nSPS) is 14.6.